The molecule has 0 bridgehead atoms. The van der Waals surface area contributed by atoms with Crippen molar-refractivity contribution in [2.75, 3.05) is 0 Å². The first-order valence-electron chi connectivity index (χ1n) is 3.62. The van der Waals surface area contributed by atoms with Crippen LogP contribution in [0.3, 0.4) is 0 Å². The summed E-state index contributed by atoms with van der Waals surface area (Å²) >= 11 is 3.24. The summed E-state index contributed by atoms with van der Waals surface area (Å²) in [5, 5.41) is 9.41. The topological polar surface area (TPSA) is 33.1 Å². The van der Waals surface area contributed by atoms with Crippen LogP contribution in [0.4, 0.5) is 0 Å². The molecule has 0 aromatic carbocycles. The van der Waals surface area contributed by atoms with Gasteiger partial charge in [0.05, 0.1) is 5.69 Å². The first-order chi connectivity index (χ1) is 5.27. The Morgan fingerprint density at radius 3 is 2.82 bits per heavy atom. The highest BCUT2D eigenvalue weighted by atomic mass is 79.9. The lowest BCUT2D eigenvalue weighted by Crippen LogP contribution is -1.85. The Kier molecular flexibility index (Phi) is 1.60. The van der Waals surface area contributed by atoms with Gasteiger partial charge in [-0.1, -0.05) is 0 Å². The lowest BCUT2D eigenvalue weighted by Gasteiger charge is -2.00. The number of halogens is 1. The maximum atomic E-state index is 9.41. The van der Waals surface area contributed by atoms with Crippen molar-refractivity contribution in [1.82, 2.24) is 4.98 Å². The van der Waals surface area contributed by atoms with Gasteiger partial charge in [0.15, 0.2) is 0 Å². The number of nitrogens with zero attached hydrogens (tertiary/aromatic N) is 1. The van der Waals surface area contributed by atoms with Gasteiger partial charge in [0.25, 0.3) is 0 Å². The molecule has 0 aliphatic heterocycles. The third-order valence-corrected chi connectivity index (χ3v) is 2.26. The van der Waals surface area contributed by atoms with Gasteiger partial charge in [-0.25, -0.2) is 0 Å². The van der Waals surface area contributed by atoms with E-state index in [2.05, 4.69) is 20.9 Å². The van der Waals surface area contributed by atoms with Gasteiger partial charge in [0, 0.05) is 16.6 Å². The minimum absolute atomic E-state index is 0.321. The molecule has 2 rings (SSSR count). The third-order valence-electron chi connectivity index (χ3n) is 1.83. The number of pyridine rings is 1. The van der Waals surface area contributed by atoms with E-state index in [1.165, 1.54) is 12.8 Å². The van der Waals surface area contributed by atoms with Gasteiger partial charge in [-0.15, -0.1) is 0 Å². The fraction of sp³-hybridized carbons (Fsp3) is 0.375. The van der Waals surface area contributed by atoms with Crippen molar-refractivity contribution >= 4 is 15.9 Å². The van der Waals surface area contributed by atoms with Crippen LogP contribution in [0.25, 0.3) is 0 Å². The normalized spacial score (nSPS) is 16.8. The molecule has 1 saturated carbocycles. The monoisotopic (exact) mass is 213 g/mol. The molecule has 11 heavy (non-hydrogen) atoms. The zero-order chi connectivity index (χ0) is 7.84. The molecule has 3 heteroatoms. The Morgan fingerprint density at radius 2 is 2.27 bits per heavy atom. The van der Waals surface area contributed by atoms with E-state index >= 15 is 0 Å². The average Bonchev–Trinajstić information content (AvgIpc) is 2.70. The number of hydrogen-bond acceptors (Lipinski definition) is 2. The smallest absolute Gasteiger partial charge is 0.138 e. The van der Waals surface area contributed by atoms with Gasteiger partial charge >= 0.3 is 0 Å². The standard InChI is InChI=1S/C8H8BrNO/c9-6-3-7(11)8(10-4-6)5-1-2-5/h3-5,11H,1-2H2. The first-order valence-corrected chi connectivity index (χ1v) is 4.41. The molecule has 0 radical (unpaired) electrons. The first kappa shape index (κ1) is 7.10. The van der Waals surface area contributed by atoms with Crippen LogP contribution in [-0.2, 0) is 0 Å². The summed E-state index contributed by atoms with van der Waals surface area (Å²) < 4.78 is 0.833. The number of rotatable bonds is 1. The summed E-state index contributed by atoms with van der Waals surface area (Å²) in [7, 11) is 0. The molecule has 0 spiro atoms. The summed E-state index contributed by atoms with van der Waals surface area (Å²) in [5.41, 5.74) is 0.855. The van der Waals surface area contributed by atoms with E-state index in [-0.39, 0.29) is 0 Å². The van der Waals surface area contributed by atoms with Gasteiger partial charge in [-0.05, 0) is 34.8 Å². The SMILES string of the molecule is Oc1cc(Br)cnc1C1CC1. The molecular weight excluding hydrogens is 206 g/mol. The van der Waals surface area contributed by atoms with Crippen molar-refractivity contribution in [3.63, 3.8) is 0 Å². The number of hydrogen-bond donors (Lipinski definition) is 1. The van der Waals surface area contributed by atoms with Gasteiger partial charge in [0.1, 0.15) is 5.75 Å². The quantitative estimate of drug-likeness (QED) is 0.778. The van der Waals surface area contributed by atoms with Gasteiger partial charge in [-0.3, -0.25) is 4.98 Å². The zero-order valence-electron chi connectivity index (χ0n) is 5.92. The van der Waals surface area contributed by atoms with Crippen LogP contribution in [0, 0.1) is 0 Å². The largest absolute Gasteiger partial charge is 0.506 e. The van der Waals surface area contributed by atoms with Gasteiger partial charge in [0.2, 0.25) is 0 Å². The van der Waals surface area contributed by atoms with Crippen molar-refractivity contribution < 1.29 is 5.11 Å². The van der Waals surface area contributed by atoms with Crippen LogP contribution >= 0.6 is 15.9 Å². The molecular formula is C8H8BrNO. The maximum Gasteiger partial charge on any atom is 0.138 e. The molecule has 0 unspecified atom stereocenters. The van der Waals surface area contributed by atoms with Crippen molar-refractivity contribution in [3.05, 3.63) is 22.4 Å². The van der Waals surface area contributed by atoms with Crippen LogP contribution in [-0.4, -0.2) is 10.1 Å². The fourth-order valence-electron chi connectivity index (χ4n) is 1.11. The van der Waals surface area contributed by atoms with Crippen molar-refractivity contribution in [2.24, 2.45) is 0 Å². The third kappa shape index (κ3) is 1.38. The lowest BCUT2D eigenvalue weighted by molar-refractivity contribution is 0.464. The molecule has 58 valence electrons. The number of aromatic hydroxyl groups is 1. The van der Waals surface area contributed by atoms with E-state index in [1.54, 1.807) is 12.3 Å². The summed E-state index contributed by atoms with van der Waals surface area (Å²) in [6.07, 6.45) is 4.07. The second-order valence-electron chi connectivity index (χ2n) is 2.83. The van der Waals surface area contributed by atoms with E-state index < -0.39 is 0 Å². The Labute approximate surface area is 73.4 Å². The van der Waals surface area contributed by atoms with Crippen LogP contribution in [0.15, 0.2) is 16.7 Å². The van der Waals surface area contributed by atoms with Gasteiger partial charge < -0.3 is 5.11 Å². The van der Waals surface area contributed by atoms with Crippen LogP contribution < -0.4 is 0 Å². The second kappa shape index (κ2) is 2.48. The second-order valence-corrected chi connectivity index (χ2v) is 3.75. The molecule has 1 heterocycles. The fourth-order valence-corrected chi connectivity index (χ4v) is 1.43. The van der Waals surface area contributed by atoms with Crippen LogP contribution in [0.2, 0.25) is 0 Å². The molecule has 0 amide bonds. The Morgan fingerprint density at radius 1 is 1.55 bits per heavy atom. The summed E-state index contributed by atoms with van der Waals surface area (Å²) in [6, 6.07) is 1.70. The molecule has 1 aliphatic rings. The van der Waals surface area contributed by atoms with E-state index in [0.717, 1.165) is 10.2 Å². The highest BCUT2D eigenvalue weighted by Gasteiger charge is 2.27. The molecule has 0 saturated heterocycles. The van der Waals surface area contributed by atoms with E-state index in [4.69, 9.17) is 0 Å². The molecule has 1 N–H and O–H groups in total. The highest BCUT2D eigenvalue weighted by Crippen LogP contribution is 2.42. The highest BCUT2D eigenvalue weighted by molar-refractivity contribution is 9.10. The summed E-state index contributed by atoms with van der Waals surface area (Å²) in [4.78, 5) is 4.14. The summed E-state index contributed by atoms with van der Waals surface area (Å²) in [6.45, 7) is 0. The Bertz CT molecular complexity index is 283. The predicted octanol–water partition coefficient (Wildman–Crippen LogP) is 2.43. The van der Waals surface area contributed by atoms with Crippen molar-refractivity contribution in [2.45, 2.75) is 18.8 Å². The minimum Gasteiger partial charge on any atom is -0.506 e. The van der Waals surface area contributed by atoms with Crippen LogP contribution in [0.5, 0.6) is 5.75 Å². The molecule has 1 aliphatic carbocycles. The van der Waals surface area contributed by atoms with Crippen molar-refractivity contribution in [3.8, 4) is 5.75 Å². The van der Waals surface area contributed by atoms with Gasteiger partial charge in [-0.2, -0.15) is 0 Å². The predicted molar refractivity (Wildman–Crippen MR) is 45.6 cm³/mol. The Balaban J connectivity index is 2.39. The minimum atomic E-state index is 0.321. The molecule has 2 nitrogen and oxygen atoms in total. The van der Waals surface area contributed by atoms with E-state index in [0.29, 0.717) is 11.7 Å². The van der Waals surface area contributed by atoms with E-state index in [1.807, 2.05) is 0 Å². The molecule has 0 atom stereocenters. The number of aromatic nitrogens is 1. The zero-order valence-corrected chi connectivity index (χ0v) is 7.50. The molecule has 1 aromatic heterocycles. The summed E-state index contributed by atoms with van der Waals surface area (Å²) in [5.74, 6) is 0.838. The molecule has 1 aromatic rings. The lowest BCUT2D eigenvalue weighted by atomic mass is 10.2. The van der Waals surface area contributed by atoms with Crippen molar-refractivity contribution in [1.29, 1.82) is 0 Å². The molecule has 1 fully saturated rings. The average molecular weight is 214 g/mol. The van der Waals surface area contributed by atoms with Crippen LogP contribution in [0.1, 0.15) is 24.5 Å². The Hall–Kier alpha value is -0.570. The van der Waals surface area contributed by atoms with E-state index in [9.17, 15) is 5.11 Å². The maximum absolute atomic E-state index is 9.41.